The summed E-state index contributed by atoms with van der Waals surface area (Å²) in [6.07, 6.45) is 0.985. The molecule has 3 N–H and O–H groups in total. The number of aromatic nitrogens is 2. The van der Waals surface area contributed by atoms with Gasteiger partial charge in [-0.25, -0.2) is 9.37 Å². The highest BCUT2D eigenvalue weighted by molar-refractivity contribution is 6.09. The number of esters is 1. The molecular weight excluding hydrogens is 451 g/mol. The van der Waals surface area contributed by atoms with Crippen molar-refractivity contribution in [1.82, 2.24) is 9.97 Å². The minimum atomic E-state index is -1.11. The number of H-pyrrole nitrogens is 1. The van der Waals surface area contributed by atoms with E-state index in [-0.39, 0.29) is 24.4 Å². The SMILES string of the molecule is COC(=O)C1(C)CC(=O)c2c([nH]c(-c3ccnc(NC(=O)[C@@H]4C[C@@H]4F)c3)c2Nc2ccccc2)C1. The van der Waals surface area contributed by atoms with Crippen molar-refractivity contribution in [3.8, 4) is 11.3 Å². The first-order valence-electron chi connectivity index (χ1n) is 11.4. The van der Waals surface area contributed by atoms with Gasteiger partial charge in [-0.15, -0.1) is 0 Å². The smallest absolute Gasteiger partial charge is 0.312 e. The minimum Gasteiger partial charge on any atom is -0.469 e. The highest BCUT2D eigenvalue weighted by Gasteiger charge is 2.45. The van der Waals surface area contributed by atoms with Crippen LogP contribution in [0.4, 0.5) is 21.6 Å². The zero-order valence-electron chi connectivity index (χ0n) is 19.4. The Hall–Kier alpha value is -4.01. The Morgan fingerprint density at radius 1 is 1.20 bits per heavy atom. The molecule has 0 aliphatic heterocycles. The van der Waals surface area contributed by atoms with E-state index in [1.54, 1.807) is 19.1 Å². The van der Waals surface area contributed by atoms with Crippen LogP contribution in [0.5, 0.6) is 0 Å². The number of aromatic amines is 1. The number of carbonyl (C=O) groups is 3. The van der Waals surface area contributed by atoms with Crippen molar-refractivity contribution in [1.29, 1.82) is 0 Å². The van der Waals surface area contributed by atoms with E-state index < -0.39 is 29.4 Å². The number of alkyl halides is 1. The molecule has 0 spiro atoms. The number of nitrogens with zero attached hydrogens (tertiary/aromatic N) is 1. The molecule has 35 heavy (non-hydrogen) atoms. The predicted molar refractivity (Wildman–Crippen MR) is 128 cm³/mol. The molecule has 2 aliphatic carbocycles. The summed E-state index contributed by atoms with van der Waals surface area (Å²) in [4.78, 5) is 45.5. The van der Waals surface area contributed by atoms with E-state index >= 15 is 0 Å². The molecule has 0 radical (unpaired) electrons. The Kier molecular flexibility index (Phi) is 5.62. The molecule has 1 amide bonds. The van der Waals surface area contributed by atoms with Gasteiger partial charge in [-0.1, -0.05) is 18.2 Å². The molecule has 180 valence electrons. The van der Waals surface area contributed by atoms with Crippen LogP contribution >= 0.6 is 0 Å². The van der Waals surface area contributed by atoms with E-state index in [1.807, 2.05) is 30.3 Å². The minimum absolute atomic E-state index is 0.0247. The number of pyridine rings is 1. The van der Waals surface area contributed by atoms with E-state index in [4.69, 9.17) is 4.74 Å². The van der Waals surface area contributed by atoms with Gasteiger partial charge >= 0.3 is 5.97 Å². The fraction of sp³-hybridized carbons (Fsp3) is 0.308. The highest BCUT2D eigenvalue weighted by Crippen LogP contribution is 2.44. The fourth-order valence-corrected chi connectivity index (χ4v) is 4.59. The maximum atomic E-state index is 13.3. The Morgan fingerprint density at radius 3 is 2.63 bits per heavy atom. The van der Waals surface area contributed by atoms with E-state index in [0.717, 1.165) is 5.69 Å². The molecule has 9 heteroatoms. The van der Waals surface area contributed by atoms with Crippen molar-refractivity contribution in [3.05, 3.63) is 59.9 Å². The van der Waals surface area contributed by atoms with Crippen LogP contribution in [0.2, 0.25) is 0 Å². The van der Waals surface area contributed by atoms with Gasteiger partial charge in [-0.3, -0.25) is 14.4 Å². The van der Waals surface area contributed by atoms with Gasteiger partial charge in [-0.2, -0.15) is 0 Å². The lowest BCUT2D eigenvalue weighted by Crippen LogP contribution is -2.37. The largest absolute Gasteiger partial charge is 0.469 e. The molecule has 1 unspecified atom stereocenters. The molecule has 3 aromatic rings. The summed E-state index contributed by atoms with van der Waals surface area (Å²) in [5.74, 6) is -1.37. The number of Topliss-reactive ketones (excluding diaryl/α,β-unsaturated/α-hetero) is 1. The van der Waals surface area contributed by atoms with Crippen LogP contribution in [0.1, 0.15) is 35.8 Å². The van der Waals surface area contributed by atoms with Crippen LogP contribution in [0.15, 0.2) is 48.7 Å². The van der Waals surface area contributed by atoms with E-state index in [9.17, 15) is 18.8 Å². The van der Waals surface area contributed by atoms with Crippen LogP contribution < -0.4 is 10.6 Å². The third kappa shape index (κ3) is 4.29. The molecule has 3 atom stereocenters. The topological polar surface area (TPSA) is 113 Å². The first-order chi connectivity index (χ1) is 16.8. The van der Waals surface area contributed by atoms with Gasteiger partial charge in [0, 0.05) is 36.0 Å². The van der Waals surface area contributed by atoms with Crippen LogP contribution in [-0.4, -0.2) is 40.9 Å². The number of halogens is 1. The normalized spacial score (nSPS) is 22.8. The molecular formula is C26H25FN4O4. The van der Waals surface area contributed by atoms with Gasteiger partial charge in [0.05, 0.1) is 35.4 Å². The average Bonchev–Trinajstić information content (AvgIpc) is 3.48. The Labute approximate surface area is 201 Å². The van der Waals surface area contributed by atoms with Gasteiger partial charge < -0.3 is 20.4 Å². The molecule has 8 nitrogen and oxygen atoms in total. The number of carbonyl (C=O) groups excluding carboxylic acids is 3. The van der Waals surface area contributed by atoms with Crippen molar-refractivity contribution >= 4 is 34.9 Å². The third-order valence-corrected chi connectivity index (χ3v) is 6.54. The maximum absolute atomic E-state index is 13.3. The molecule has 0 bridgehead atoms. The molecule has 2 aromatic heterocycles. The van der Waals surface area contributed by atoms with Crippen LogP contribution in [0.25, 0.3) is 11.3 Å². The average molecular weight is 477 g/mol. The van der Waals surface area contributed by atoms with E-state index in [0.29, 0.717) is 34.6 Å². The van der Waals surface area contributed by atoms with Crippen molar-refractivity contribution < 1.29 is 23.5 Å². The molecule has 2 aliphatic rings. The zero-order chi connectivity index (χ0) is 24.7. The monoisotopic (exact) mass is 476 g/mol. The van der Waals surface area contributed by atoms with Gasteiger partial charge in [0.1, 0.15) is 12.0 Å². The summed E-state index contributed by atoms with van der Waals surface area (Å²) in [5, 5.41) is 6.02. The van der Waals surface area contributed by atoms with Crippen molar-refractivity contribution in [2.75, 3.05) is 17.7 Å². The Morgan fingerprint density at radius 2 is 1.94 bits per heavy atom. The van der Waals surface area contributed by atoms with Crippen molar-refractivity contribution in [2.45, 2.75) is 32.4 Å². The standard InChI is InChI=1S/C26H25FN4O4/c1-26(25(34)35-2)12-18-21(19(32)13-26)23(29-15-6-4-3-5-7-15)22(30-18)14-8-9-28-20(10-14)31-24(33)16-11-17(16)27/h3-10,16-17,29-30H,11-13H2,1-2H3,(H,28,31,33)/t16-,17+,26?/m1/s1. The second-order valence-electron chi connectivity index (χ2n) is 9.33. The molecule has 5 rings (SSSR count). The lowest BCUT2D eigenvalue weighted by molar-refractivity contribution is -0.151. The summed E-state index contributed by atoms with van der Waals surface area (Å²) < 4.78 is 18.2. The number of ether oxygens (including phenoxy) is 1. The number of methoxy groups -OCH3 is 1. The summed E-state index contributed by atoms with van der Waals surface area (Å²) in [7, 11) is 1.32. The first-order valence-corrected chi connectivity index (χ1v) is 11.4. The van der Waals surface area contributed by atoms with Gasteiger partial charge in [0.25, 0.3) is 0 Å². The van der Waals surface area contributed by atoms with Crippen LogP contribution in [0.3, 0.4) is 0 Å². The summed E-state index contributed by atoms with van der Waals surface area (Å²) in [6.45, 7) is 1.72. The third-order valence-electron chi connectivity index (χ3n) is 6.54. The number of nitrogens with one attached hydrogen (secondary N) is 3. The summed E-state index contributed by atoms with van der Waals surface area (Å²) >= 11 is 0. The lowest BCUT2D eigenvalue weighted by atomic mass is 9.74. The van der Waals surface area contributed by atoms with Gasteiger partial charge in [0.2, 0.25) is 5.91 Å². The van der Waals surface area contributed by atoms with Crippen molar-refractivity contribution in [2.24, 2.45) is 11.3 Å². The Balaban J connectivity index is 1.56. The van der Waals surface area contributed by atoms with E-state index in [1.165, 1.54) is 13.3 Å². The summed E-state index contributed by atoms with van der Waals surface area (Å²) in [6, 6.07) is 12.9. The van der Waals surface area contributed by atoms with Gasteiger partial charge in [0.15, 0.2) is 5.78 Å². The lowest BCUT2D eigenvalue weighted by Gasteiger charge is -2.29. The first kappa shape index (κ1) is 22.8. The maximum Gasteiger partial charge on any atom is 0.312 e. The summed E-state index contributed by atoms with van der Waals surface area (Å²) in [5.41, 5.74) is 2.80. The number of rotatable bonds is 6. The van der Waals surface area contributed by atoms with E-state index in [2.05, 4.69) is 20.6 Å². The molecule has 1 aromatic carbocycles. The predicted octanol–water partition coefficient (Wildman–Crippen LogP) is 4.43. The van der Waals surface area contributed by atoms with Crippen LogP contribution in [-0.2, 0) is 20.7 Å². The molecule has 1 fully saturated rings. The second kappa shape index (κ2) is 8.65. The fourth-order valence-electron chi connectivity index (χ4n) is 4.59. The van der Waals surface area contributed by atoms with Crippen LogP contribution in [0, 0.1) is 11.3 Å². The number of hydrogen-bond acceptors (Lipinski definition) is 6. The zero-order valence-corrected chi connectivity index (χ0v) is 19.4. The van der Waals surface area contributed by atoms with Crippen molar-refractivity contribution in [3.63, 3.8) is 0 Å². The molecule has 1 saturated carbocycles. The molecule has 0 saturated heterocycles. The van der Waals surface area contributed by atoms with Gasteiger partial charge in [-0.05, 0) is 37.6 Å². The second-order valence-corrected chi connectivity index (χ2v) is 9.33. The molecule has 2 heterocycles. The number of amides is 1. The number of ketones is 1. The number of benzene rings is 1. The number of anilines is 3. The number of fused-ring (bicyclic) bond motifs is 1. The highest BCUT2D eigenvalue weighted by atomic mass is 19.1. The number of hydrogen-bond donors (Lipinski definition) is 3. The number of para-hydroxylation sites is 1. The quantitative estimate of drug-likeness (QED) is 0.454. The Bertz CT molecular complexity index is 1320.